The number of hydrogen-bond acceptors (Lipinski definition) is 7. The molecule has 0 bridgehead atoms. The molecule has 1 saturated heterocycles. The van der Waals surface area contributed by atoms with Crippen molar-refractivity contribution in [3.63, 3.8) is 0 Å². The number of nitrogen functional groups attached to an aromatic ring is 1. The summed E-state index contributed by atoms with van der Waals surface area (Å²) < 4.78 is 8.95. The lowest BCUT2D eigenvalue weighted by molar-refractivity contribution is -0.145. The van der Waals surface area contributed by atoms with Gasteiger partial charge in [0, 0.05) is 27.3 Å². The van der Waals surface area contributed by atoms with Crippen LogP contribution in [0.25, 0.3) is 0 Å². The number of imide groups is 1. The molecule has 13 heteroatoms. The maximum Gasteiger partial charge on any atom is 0.326 e. The fourth-order valence-corrected chi connectivity index (χ4v) is 7.52. The van der Waals surface area contributed by atoms with Crippen LogP contribution in [0.15, 0.2) is 4.79 Å². The summed E-state index contributed by atoms with van der Waals surface area (Å²) in [5.41, 5.74) is 3.98. The standard InChI is InChI=1S/C26H42N6O5SSi/c1-5-6-11-30-20(33)18(19(27)28)21(34)32(24(30)38)17-7-9-25(10-8-17)14-26(15-25)22(35)31(23(36)29-26)16-37-12-13-39(2,3)4/h17,33H,5-16H2,1-4H3,(H3,27,28)(H,29,36). The van der Waals surface area contributed by atoms with Crippen LogP contribution in [0.3, 0.4) is 0 Å². The van der Waals surface area contributed by atoms with Crippen molar-refractivity contribution in [2.24, 2.45) is 11.1 Å². The molecule has 3 fully saturated rings. The second kappa shape index (κ2) is 10.8. The summed E-state index contributed by atoms with van der Waals surface area (Å²) in [6.45, 7) is 9.73. The maximum absolute atomic E-state index is 13.3. The number of aromatic hydroxyl groups is 1. The highest BCUT2D eigenvalue weighted by molar-refractivity contribution is 7.71. The number of carbonyl (C=O) groups excluding carboxylic acids is 2. The number of ether oxygens (including phenoxy) is 1. The van der Waals surface area contributed by atoms with E-state index < -0.39 is 31.0 Å². The van der Waals surface area contributed by atoms with Gasteiger partial charge >= 0.3 is 6.03 Å². The summed E-state index contributed by atoms with van der Waals surface area (Å²) in [5, 5.41) is 21.5. The molecule has 216 valence electrons. The minimum absolute atomic E-state index is 0.0200. The number of nitrogens with one attached hydrogen (secondary N) is 2. The summed E-state index contributed by atoms with van der Waals surface area (Å²) in [4.78, 5) is 40.3. The highest BCUT2D eigenvalue weighted by Gasteiger charge is 2.64. The first-order valence-corrected chi connectivity index (χ1v) is 18.0. The molecule has 2 spiro atoms. The van der Waals surface area contributed by atoms with Gasteiger partial charge in [-0.1, -0.05) is 33.0 Å². The lowest BCUT2D eigenvalue weighted by atomic mass is 9.51. The van der Waals surface area contributed by atoms with Gasteiger partial charge in [-0.15, -0.1) is 0 Å². The van der Waals surface area contributed by atoms with Crippen molar-refractivity contribution in [3.05, 3.63) is 20.7 Å². The molecule has 1 aromatic heterocycles. The van der Waals surface area contributed by atoms with Crippen LogP contribution < -0.4 is 16.6 Å². The monoisotopic (exact) mass is 578 g/mol. The lowest BCUT2D eigenvalue weighted by Gasteiger charge is -2.55. The van der Waals surface area contributed by atoms with E-state index in [0.29, 0.717) is 38.8 Å². The fourth-order valence-electron chi connectivity index (χ4n) is 6.36. The van der Waals surface area contributed by atoms with E-state index >= 15 is 0 Å². The number of unbranched alkanes of at least 4 members (excludes halogenated alkanes) is 1. The van der Waals surface area contributed by atoms with E-state index in [4.69, 9.17) is 28.1 Å². The SMILES string of the molecule is CCCCn1c(O)c(C(=N)N)c(=O)n(C2CCC3(CC2)CC2(C3)NC(=O)N(COCC[Si](C)(C)C)C2=O)c1=S. The van der Waals surface area contributed by atoms with E-state index in [1.807, 2.05) is 6.92 Å². The van der Waals surface area contributed by atoms with Gasteiger partial charge in [-0.3, -0.25) is 24.1 Å². The van der Waals surface area contributed by atoms with E-state index in [1.165, 1.54) is 14.0 Å². The molecule has 39 heavy (non-hydrogen) atoms. The number of carbonyl (C=O) groups is 2. The van der Waals surface area contributed by atoms with Crippen molar-refractivity contribution in [2.45, 2.75) is 102 Å². The zero-order valence-electron chi connectivity index (χ0n) is 23.5. The number of urea groups is 1. The Balaban J connectivity index is 1.43. The highest BCUT2D eigenvalue weighted by Crippen LogP contribution is 2.59. The molecular formula is C26H42N6O5SSi. The van der Waals surface area contributed by atoms with Gasteiger partial charge in [-0.05, 0) is 68.6 Å². The first-order chi connectivity index (χ1) is 18.2. The van der Waals surface area contributed by atoms with Crippen LogP contribution in [0.2, 0.25) is 25.7 Å². The van der Waals surface area contributed by atoms with Gasteiger partial charge < -0.3 is 20.9 Å². The molecule has 2 aliphatic carbocycles. The highest BCUT2D eigenvalue weighted by atomic mass is 32.1. The van der Waals surface area contributed by atoms with Crippen molar-refractivity contribution < 1.29 is 19.4 Å². The first kappa shape index (κ1) is 29.5. The van der Waals surface area contributed by atoms with Crippen LogP contribution in [0.4, 0.5) is 4.79 Å². The second-order valence-electron chi connectivity index (χ2n) is 12.8. The Labute approximate surface area is 235 Å². The first-order valence-electron chi connectivity index (χ1n) is 13.9. The smallest absolute Gasteiger partial charge is 0.326 e. The van der Waals surface area contributed by atoms with E-state index in [9.17, 15) is 19.5 Å². The van der Waals surface area contributed by atoms with E-state index in [2.05, 4.69) is 25.0 Å². The predicted molar refractivity (Wildman–Crippen MR) is 153 cm³/mol. The molecular weight excluding hydrogens is 536 g/mol. The Morgan fingerprint density at radius 2 is 1.87 bits per heavy atom. The Kier molecular flexibility index (Phi) is 8.17. The second-order valence-corrected chi connectivity index (χ2v) is 18.7. The normalized spacial score (nSPS) is 26.8. The molecule has 1 aromatic rings. The zero-order valence-corrected chi connectivity index (χ0v) is 25.3. The molecule has 2 heterocycles. The molecule has 11 nitrogen and oxygen atoms in total. The van der Waals surface area contributed by atoms with Gasteiger partial charge in [-0.25, -0.2) is 9.69 Å². The molecule has 0 radical (unpaired) electrons. The van der Waals surface area contributed by atoms with E-state index in [-0.39, 0.29) is 40.3 Å². The summed E-state index contributed by atoms with van der Waals surface area (Å²) in [7, 11) is -1.26. The Hall–Kier alpha value is -2.51. The minimum atomic E-state index is -1.26. The van der Waals surface area contributed by atoms with Crippen LogP contribution in [-0.2, 0) is 16.1 Å². The van der Waals surface area contributed by atoms with Gasteiger partial charge in [-0.2, -0.15) is 0 Å². The number of amidine groups is 1. The number of nitrogens with zero attached hydrogens (tertiary/aromatic N) is 3. The van der Waals surface area contributed by atoms with Crippen molar-refractivity contribution in [2.75, 3.05) is 13.3 Å². The van der Waals surface area contributed by atoms with E-state index in [0.717, 1.165) is 31.7 Å². The molecule has 3 aliphatic rings. The molecule has 4 rings (SSSR count). The number of amides is 3. The Morgan fingerprint density at radius 1 is 1.23 bits per heavy atom. The molecule has 0 unspecified atom stereocenters. The quantitative estimate of drug-likeness (QED) is 0.0824. The maximum atomic E-state index is 13.3. The van der Waals surface area contributed by atoms with Crippen LogP contribution in [0.1, 0.15) is 69.9 Å². The van der Waals surface area contributed by atoms with Crippen molar-refractivity contribution in [1.82, 2.24) is 19.4 Å². The van der Waals surface area contributed by atoms with Crippen LogP contribution in [-0.4, -0.2) is 63.9 Å². The van der Waals surface area contributed by atoms with Gasteiger partial charge in [0.1, 0.15) is 23.7 Å². The number of hydrogen-bond donors (Lipinski definition) is 4. The number of rotatable bonds is 10. The summed E-state index contributed by atoms with van der Waals surface area (Å²) in [6, 6.07) is 0.384. The van der Waals surface area contributed by atoms with Gasteiger partial charge in [0.15, 0.2) is 4.77 Å². The number of aromatic nitrogens is 2. The molecule has 0 aromatic carbocycles. The molecule has 0 atom stereocenters. The van der Waals surface area contributed by atoms with Crippen molar-refractivity contribution >= 4 is 38.1 Å². The average Bonchev–Trinajstić information content (AvgIpc) is 3.06. The molecule has 5 N–H and O–H groups in total. The van der Waals surface area contributed by atoms with Gasteiger partial charge in [0.25, 0.3) is 11.5 Å². The Bertz CT molecular complexity index is 1270. The van der Waals surface area contributed by atoms with Gasteiger partial charge in [0.2, 0.25) is 5.88 Å². The summed E-state index contributed by atoms with van der Waals surface area (Å²) >= 11 is 5.64. The predicted octanol–water partition coefficient (Wildman–Crippen LogP) is 3.67. The van der Waals surface area contributed by atoms with Crippen molar-refractivity contribution in [3.8, 4) is 5.88 Å². The minimum Gasteiger partial charge on any atom is -0.494 e. The van der Waals surface area contributed by atoms with Crippen LogP contribution >= 0.6 is 12.2 Å². The van der Waals surface area contributed by atoms with E-state index in [1.54, 1.807) is 0 Å². The fraction of sp³-hybridized carbons (Fsp3) is 0.731. The summed E-state index contributed by atoms with van der Waals surface area (Å²) in [5.74, 6) is -1.04. The lowest BCUT2D eigenvalue weighted by Crippen LogP contribution is -2.63. The zero-order chi connectivity index (χ0) is 28.8. The molecule has 2 saturated carbocycles. The summed E-state index contributed by atoms with van der Waals surface area (Å²) in [6.07, 6.45) is 5.67. The topological polar surface area (TPSA) is 156 Å². The molecule has 1 aliphatic heterocycles. The number of nitrogens with two attached hydrogens (primary N) is 1. The Morgan fingerprint density at radius 3 is 2.44 bits per heavy atom. The third-order valence-electron chi connectivity index (χ3n) is 8.55. The molecule has 3 amide bonds. The van der Waals surface area contributed by atoms with Crippen LogP contribution in [0, 0.1) is 15.6 Å². The van der Waals surface area contributed by atoms with Gasteiger partial charge in [0.05, 0.1) is 0 Å². The largest absolute Gasteiger partial charge is 0.494 e. The van der Waals surface area contributed by atoms with Crippen molar-refractivity contribution in [1.29, 1.82) is 5.41 Å². The third kappa shape index (κ3) is 5.57. The van der Waals surface area contributed by atoms with Crippen LogP contribution in [0.5, 0.6) is 5.88 Å². The third-order valence-corrected chi connectivity index (χ3v) is 10.7. The average molecular weight is 579 g/mol.